The second-order valence-corrected chi connectivity index (χ2v) is 20.9. The van der Waals surface area contributed by atoms with Crippen LogP contribution in [0.3, 0.4) is 0 Å². The molecule has 0 unspecified atom stereocenters. The minimum Gasteiger partial charge on any atom is -0.391 e. The van der Waals surface area contributed by atoms with Gasteiger partial charge in [-0.3, -0.25) is 23.9 Å². The summed E-state index contributed by atoms with van der Waals surface area (Å²) >= 11 is 1.51. The smallest absolute Gasteiger partial charge is 0.255 e. The third kappa shape index (κ3) is 9.85. The van der Waals surface area contributed by atoms with E-state index in [4.69, 9.17) is 0 Å². The Morgan fingerprint density at radius 2 is 1.75 bits per heavy atom. The Morgan fingerprint density at radius 3 is 2.46 bits per heavy atom. The molecule has 2 aliphatic rings. The van der Waals surface area contributed by atoms with Crippen molar-refractivity contribution < 1.29 is 41.5 Å². The lowest BCUT2D eigenvalue weighted by molar-refractivity contribution is -0.143. The molecule has 0 bridgehead atoms. The number of aromatic amines is 1. The number of β-amino-alcohol motifs (C(OH)–C–C–N with tert-alkyl or cyclic N) is 1. The van der Waals surface area contributed by atoms with Crippen LogP contribution in [0, 0.1) is 24.5 Å². The number of nitrogens with one attached hydrogen (secondary N) is 3. The van der Waals surface area contributed by atoms with Crippen molar-refractivity contribution in [1.82, 2.24) is 30.1 Å². The zero-order valence-electron chi connectivity index (χ0n) is 39.2. The van der Waals surface area contributed by atoms with E-state index in [-0.39, 0.29) is 61.5 Å². The summed E-state index contributed by atoms with van der Waals surface area (Å²) in [6.07, 6.45) is 2.30. The highest BCUT2D eigenvalue weighted by atomic mass is 32.2. The van der Waals surface area contributed by atoms with Crippen molar-refractivity contribution in [3.8, 4) is 21.6 Å². The van der Waals surface area contributed by atoms with Gasteiger partial charge in [0.2, 0.25) is 27.6 Å². The first-order valence-corrected chi connectivity index (χ1v) is 25.7. The molecule has 1 saturated heterocycles. The average molecular weight is 997 g/mol. The van der Waals surface area contributed by atoms with Crippen LogP contribution in [0.4, 0.5) is 14.5 Å². The molecular formula is C52H49BF2N7O7S2. The Hall–Kier alpha value is -7.09. The molecule has 9 rings (SSSR count). The topological polar surface area (TPSA) is 195 Å². The normalized spacial score (nSPS) is 16.1. The SMILES string of the molecule is CCCS(=O)(=O)Nc1ccc(F)c(C(=O)c2c[nH]c3ncc(-c4ccc([B]c5cc(-c6scnc6C)ccc5CNC(=O)[C@@H]5C[C@@H](O)CN5C(=O)[C@H](C(C)C)N5Cc6ccccc6C5=O)cc4)cc23)c1F. The number of fused-ring (bicyclic) bond motifs is 2. The molecule has 1 fully saturated rings. The Kier molecular flexibility index (Phi) is 13.8. The predicted molar refractivity (Wildman–Crippen MR) is 269 cm³/mol. The summed E-state index contributed by atoms with van der Waals surface area (Å²) in [7, 11) is -1.96. The zero-order chi connectivity index (χ0) is 50.3. The molecule has 3 aromatic heterocycles. The molecule has 7 aromatic rings. The molecule has 4 aromatic carbocycles. The van der Waals surface area contributed by atoms with Crippen LogP contribution in [0.1, 0.15) is 76.7 Å². The van der Waals surface area contributed by atoms with Crippen LogP contribution in [0.25, 0.3) is 32.6 Å². The number of amides is 3. The molecule has 3 atom stereocenters. The van der Waals surface area contributed by atoms with Gasteiger partial charge >= 0.3 is 0 Å². The van der Waals surface area contributed by atoms with Crippen molar-refractivity contribution in [2.45, 2.75) is 71.8 Å². The van der Waals surface area contributed by atoms with E-state index in [1.54, 1.807) is 41.7 Å². The molecule has 3 amide bonds. The van der Waals surface area contributed by atoms with Gasteiger partial charge in [-0.2, -0.15) is 0 Å². The number of hydrogen-bond acceptors (Lipinski definition) is 10. The number of carbonyl (C=O) groups is 4. The molecular weight excluding hydrogens is 948 g/mol. The van der Waals surface area contributed by atoms with E-state index in [0.29, 0.717) is 22.2 Å². The van der Waals surface area contributed by atoms with Gasteiger partial charge in [0.1, 0.15) is 23.5 Å². The summed E-state index contributed by atoms with van der Waals surface area (Å²) in [4.78, 5) is 71.5. The van der Waals surface area contributed by atoms with Crippen molar-refractivity contribution in [2.75, 3.05) is 17.0 Å². The first kappa shape index (κ1) is 48.9. The fraction of sp³-hybridized carbons (Fsp3) is 0.269. The maximum absolute atomic E-state index is 15.7. The highest BCUT2D eigenvalue weighted by Gasteiger charge is 2.46. The first-order chi connectivity index (χ1) is 34.0. The maximum Gasteiger partial charge on any atom is 0.255 e. The van der Waals surface area contributed by atoms with Gasteiger partial charge in [0.15, 0.2) is 13.1 Å². The predicted octanol–water partition coefficient (Wildman–Crippen LogP) is 6.24. The molecule has 1 radical (unpaired) electrons. The molecule has 71 heavy (non-hydrogen) atoms. The Labute approximate surface area is 413 Å². The Bertz CT molecular complexity index is 3350. The lowest BCUT2D eigenvalue weighted by Gasteiger charge is -2.35. The summed E-state index contributed by atoms with van der Waals surface area (Å²) in [5, 5.41) is 14.2. The van der Waals surface area contributed by atoms with E-state index in [0.717, 1.165) is 55.9 Å². The van der Waals surface area contributed by atoms with Crippen LogP contribution in [0.15, 0.2) is 103 Å². The molecule has 19 heteroatoms. The Balaban J connectivity index is 0.938. The van der Waals surface area contributed by atoms with Crippen molar-refractivity contribution in [3.63, 3.8) is 0 Å². The number of sulfonamides is 1. The van der Waals surface area contributed by atoms with Gasteiger partial charge in [0.05, 0.1) is 39.2 Å². The molecule has 14 nitrogen and oxygen atoms in total. The lowest BCUT2D eigenvalue weighted by Crippen LogP contribution is -2.55. The highest BCUT2D eigenvalue weighted by Crippen LogP contribution is 2.33. The number of aliphatic hydroxyl groups excluding tert-OH is 1. The van der Waals surface area contributed by atoms with Gasteiger partial charge < -0.3 is 25.2 Å². The fourth-order valence-electron chi connectivity index (χ4n) is 9.43. The van der Waals surface area contributed by atoms with Crippen LogP contribution in [-0.4, -0.2) is 99.5 Å². The third-order valence-corrected chi connectivity index (χ3v) is 15.4. The van der Waals surface area contributed by atoms with Gasteiger partial charge in [0.25, 0.3) is 5.91 Å². The second-order valence-electron chi connectivity index (χ2n) is 18.2. The van der Waals surface area contributed by atoms with E-state index in [2.05, 4.69) is 25.0 Å². The quantitative estimate of drug-likeness (QED) is 0.0641. The standard InChI is InChI=1S/C52H49BF2N7O7S2/c1-5-18-71(68,69)60-42-17-16-41(54)44(45(42)55)47(64)39-24-57-49-38(39)19-34(23-56-49)30-12-14-35(15-13-30)53-40-20-31(48-29(4)59-27-70-48)10-11-32(40)22-58-50(65)43-21-36(63)26-61(43)52(67)46(28(2)3)62-25-33-8-6-7-9-37(33)51(62)66/h6-17,19-20,23-24,27-28,36,43,46,60,63H,5,18,21-22,25-26H2,1-4H3,(H,56,57)(H,58,65)/t36-,43+,46+/m1/s1. The van der Waals surface area contributed by atoms with Gasteiger partial charge in [-0.25, -0.2) is 27.2 Å². The van der Waals surface area contributed by atoms with Crippen LogP contribution < -0.4 is 21.0 Å². The van der Waals surface area contributed by atoms with Gasteiger partial charge in [-0.05, 0) is 65.8 Å². The second kappa shape index (κ2) is 20.0. The number of carbonyl (C=O) groups excluding carboxylic acids is 4. The van der Waals surface area contributed by atoms with E-state index >= 15 is 8.78 Å². The number of benzene rings is 4. The molecule has 0 aliphatic carbocycles. The number of likely N-dealkylation sites (tertiary alicyclic amines) is 1. The fourth-order valence-corrected chi connectivity index (χ4v) is 11.4. The summed E-state index contributed by atoms with van der Waals surface area (Å²) in [5.74, 6) is -5.09. The van der Waals surface area contributed by atoms with Crippen LogP contribution in [0.5, 0.6) is 0 Å². The number of rotatable bonds is 16. The third-order valence-electron chi connectivity index (χ3n) is 12.9. The molecule has 2 aliphatic heterocycles. The van der Waals surface area contributed by atoms with Crippen molar-refractivity contribution in [1.29, 1.82) is 0 Å². The number of nitrogens with zero attached hydrogens (tertiary/aromatic N) is 4. The van der Waals surface area contributed by atoms with E-state index in [9.17, 15) is 32.7 Å². The maximum atomic E-state index is 15.7. The van der Waals surface area contributed by atoms with Gasteiger partial charge in [-0.15, -0.1) is 11.3 Å². The number of ketones is 1. The van der Waals surface area contributed by atoms with Crippen LogP contribution in [0.2, 0.25) is 0 Å². The molecule has 0 saturated carbocycles. The summed E-state index contributed by atoms with van der Waals surface area (Å²) in [6.45, 7) is 7.65. The van der Waals surface area contributed by atoms with E-state index < -0.39 is 62.8 Å². The number of aryl methyl sites for hydroxylation is 1. The summed E-state index contributed by atoms with van der Waals surface area (Å²) in [5.41, 5.74) is 7.46. The summed E-state index contributed by atoms with van der Waals surface area (Å²) in [6, 6.07) is 22.4. The number of halogens is 2. The first-order valence-electron chi connectivity index (χ1n) is 23.2. The lowest BCUT2D eigenvalue weighted by atomic mass is 9.62. The number of hydrogen-bond donors (Lipinski definition) is 4. The average Bonchev–Trinajstić information content (AvgIpc) is 4.15. The molecule has 363 valence electrons. The van der Waals surface area contributed by atoms with Crippen molar-refractivity contribution in [2.24, 2.45) is 5.92 Å². The van der Waals surface area contributed by atoms with Crippen LogP contribution >= 0.6 is 11.3 Å². The number of aliphatic hydroxyl groups is 1. The molecule has 0 spiro atoms. The summed E-state index contributed by atoms with van der Waals surface area (Å²) < 4.78 is 57.7. The minimum atomic E-state index is -3.94. The number of aromatic nitrogens is 3. The largest absolute Gasteiger partial charge is 0.391 e. The Morgan fingerprint density at radius 1 is 0.986 bits per heavy atom. The van der Waals surface area contributed by atoms with E-state index in [1.165, 1.54) is 22.4 Å². The minimum absolute atomic E-state index is 0.0388. The van der Waals surface area contributed by atoms with Crippen molar-refractivity contribution >= 4 is 79.8 Å². The zero-order valence-corrected chi connectivity index (χ0v) is 40.8. The monoisotopic (exact) mass is 996 g/mol. The van der Waals surface area contributed by atoms with Gasteiger partial charge in [-0.1, -0.05) is 92.4 Å². The number of thiazole rings is 1. The molecule has 5 heterocycles. The highest BCUT2D eigenvalue weighted by molar-refractivity contribution is 7.92. The molecule has 4 N–H and O–H groups in total. The number of pyridine rings is 1. The van der Waals surface area contributed by atoms with E-state index in [1.807, 2.05) is 82.6 Å². The van der Waals surface area contributed by atoms with Crippen LogP contribution in [-0.2, 0) is 32.7 Å². The number of H-pyrrole nitrogens is 1. The number of anilines is 1. The van der Waals surface area contributed by atoms with Gasteiger partial charge in [0, 0.05) is 60.5 Å². The van der Waals surface area contributed by atoms with Crippen molar-refractivity contribution in [3.05, 3.63) is 148 Å².